The number of thiazole rings is 1. The first-order chi connectivity index (χ1) is 9.82. The molecule has 0 N–H and O–H groups in total. The van der Waals surface area contributed by atoms with Crippen LogP contribution in [0.4, 0.5) is 0 Å². The Kier molecular flexibility index (Phi) is 3.65. The van der Waals surface area contributed by atoms with Crippen LogP contribution in [0, 0.1) is 0 Å². The van der Waals surface area contributed by atoms with E-state index >= 15 is 0 Å². The normalized spacial score (nSPS) is 20.0. The van der Waals surface area contributed by atoms with Gasteiger partial charge in [0.25, 0.3) is 0 Å². The van der Waals surface area contributed by atoms with E-state index in [-0.39, 0.29) is 11.2 Å². The maximum atomic E-state index is 6.30. The minimum Gasteiger partial charge on any atom is -0.398 e. The molecule has 0 amide bonds. The second-order valence-electron chi connectivity index (χ2n) is 6.13. The van der Waals surface area contributed by atoms with E-state index in [1.165, 1.54) is 0 Å². The van der Waals surface area contributed by atoms with E-state index in [1.54, 1.807) is 16.8 Å². The van der Waals surface area contributed by atoms with Gasteiger partial charge in [-0.15, -0.1) is 11.3 Å². The minimum atomic E-state index is -0.465. The Labute approximate surface area is 134 Å². The van der Waals surface area contributed by atoms with Gasteiger partial charge in [0.15, 0.2) is 0 Å². The lowest BCUT2D eigenvalue weighted by Crippen LogP contribution is -2.41. The maximum Gasteiger partial charge on any atom is 0.516 e. The Morgan fingerprint density at radius 1 is 1.10 bits per heavy atom. The lowest BCUT2D eigenvalue weighted by atomic mass is 9.82. The number of nitrogens with zero attached hydrogens (tertiary/aromatic N) is 1. The lowest BCUT2D eigenvalue weighted by Gasteiger charge is -2.32. The molecule has 1 aromatic heterocycles. The zero-order chi connectivity index (χ0) is 15.3. The molecule has 3 rings (SSSR count). The summed E-state index contributed by atoms with van der Waals surface area (Å²) in [5.41, 5.74) is 2.81. The van der Waals surface area contributed by atoms with Crippen molar-refractivity contribution in [2.45, 2.75) is 38.9 Å². The fourth-order valence-electron chi connectivity index (χ4n) is 2.22. The van der Waals surface area contributed by atoms with Crippen LogP contribution in [0.5, 0.6) is 0 Å². The molecule has 1 aromatic carbocycles. The van der Waals surface area contributed by atoms with Gasteiger partial charge < -0.3 is 9.31 Å². The van der Waals surface area contributed by atoms with Crippen LogP contribution in [0.25, 0.3) is 10.4 Å². The van der Waals surface area contributed by atoms with E-state index in [2.05, 4.69) is 4.98 Å². The van der Waals surface area contributed by atoms with E-state index in [9.17, 15) is 0 Å². The highest BCUT2D eigenvalue weighted by molar-refractivity contribution is 7.15. The van der Waals surface area contributed by atoms with Gasteiger partial charge in [-0.25, -0.2) is 0 Å². The van der Waals surface area contributed by atoms with Gasteiger partial charge in [-0.2, -0.15) is 0 Å². The molecule has 0 bridgehead atoms. The fraction of sp³-hybridized carbons (Fsp3) is 0.400. The second kappa shape index (κ2) is 5.09. The van der Waals surface area contributed by atoms with Crippen LogP contribution < -0.4 is 5.59 Å². The molecule has 0 saturated carbocycles. The van der Waals surface area contributed by atoms with E-state index in [0.717, 1.165) is 16.0 Å². The van der Waals surface area contributed by atoms with Gasteiger partial charge in [0.1, 0.15) is 0 Å². The minimum absolute atomic E-state index is 0.376. The van der Waals surface area contributed by atoms with Crippen LogP contribution in [0.1, 0.15) is 27.7 Å². The number of aromatic nitrogens is 1. The van der Waals surface area contributed by atoms with Crippen molar-refractivity contribution in [3.05, 3.63) is 34.8 Å². The first-order valence-corrected chi connectivity index (χ1v) is 8.11. The first-order valence-electron chi connectivity index (χ1n) is 6.86. The Balaban J connectivity index is 2.00. The van der Waals surface area contributed by atoms with E-state index < -0.39 is 7.12 Å². The van der Waals surface area contributed by atoms with Gasteiger partial charge in [-0.05, 0) is 33.8 Å². The van der Waals surface area contributed by atoms with Crippen LogP contribution in [0.3, 0.4) is 0 Å². The highest BCUT2D eigenvalue weighted by atomic mass is 35.5. The number of benzene rings is 1. The predicted octanol–water partition coefficient (Wildman–Crippen LogP) is 3.76. The molecule has 0 unspecified atom stereocenters. The Morgan fingerprint density at radius 3 is 2.33 bits per heavy atom. The van der Waals surface area contributed by atoms with Gasteiger partial charge in [0.05, 0.1) is 27.2 Å². The summed E-state index contributed by atoms with van der Waals surface area (Å²) in [7, 11) is -0.465. The number of hydrogen-bond donors (Lipinski definition) is 0. The van der Waals surface area contributed by atoms with E-state index in [1.807, 2.05) is 52.0 Å². The molecule has 2 aromatic rings. The average Bonchev–Trinajstić information content (AvgIpc) is 2.93. The van der Waals surface area contributed by atoms with Crippen molar-refractivity contribution < 1.29 is 9.31 Å². The molecule has 0 aliphatic carbocycles. The summed E-state index contributed by atoms with van der Waals surface area (Å²) in [6.45, 7) is 8.14. The molecule has 1 saturated heterocycles. The van der Waals surface area contributed by atoms with Crippen molar-refractivity contribution in [3.8, 4) is 10.4 Å². The summed E-state index contributed by atoms with van der Waals surface area (Å²) in [5, 5.41) is 0.708. The molecule has 6 heteroatoms. The Bertz CT molecular complexity index is 655. The van der Waals surface area contributed by atoms with Gasteiger partial charge in [0, 0.05) is 10.6 Å². The second-order valence-corrected chi connectivity index (χ2v) is 7.40. The summed E-state index contributed by atoms with van der Waals surface area (Å²) in [4.78, 5) is 5.46. The first kappa shape index (κ1) is 15.0. The lowest BCUT2D eigenvalue weighted by molar-refractivity contribution is 0.00578. The quantitative estimate of drug-likeness (QED) is 0.789. The number of rotatable bonds is 2. The average molecular weight is 322 g/mol. The smallest absolute Gasteiger partial charge is 0.398 e. The largest absolute Gasteiger partial charge is 0.516 e. The van der Waals surface area contributed by atoms with Crippen LogP contribution in [-0.2, 0) is 9.31 Å². The third-order valence-electron chi connectivity index (χ3n) is 4.19. The Morgan fingerprint density at radius 2 is 1.71 bits per heavy atom. The van der Waals surface area contributed by atoms with Crippen molar-refractivity contribution in [3.63, 3.8) is 0 Å². The Hall–Kier alpha value is -0.875. The van der Waals surface area contributed by atoms with E-state index in [4.69, 9.17) is 20.9 Å². The molecular formula is C15H17BClNO2S. The zero-order valence-corrected chi connectivity index (χ0v) is 14.1. The van der Waals surface area contributed by atoms with Crippen LogP contribution in [0.15, 0.2) is 29.8 Å². The maximum absolute atomic E-state index is 6.30. The molecule has 1 fully saturated rings. The molecule has 0 radical (unpaired) electrons. The summed E-state index contributed by atoms with van der Waals surface area (Å²) in [5.74, 6) is 0. The van der Waals surface area contributed by atoms with Crippen molar-refractivity contribution >= 4 is 35.6 Å². The number of halogens is 1. The third kappa shape index (κ3) is 2.53. The van der Waals surface area contributed by atoms with Crippen LogP contribution >= 0.6 is 22.9 Å². The van der Waals surface area contributed by atoms with Crippen LogP contribution in [-0.4, -0.2) is 23.3 Å². The van der Waals surface area contributed by atoms with Gasteiger partial charge in [0.2, 0.25) is 0 Å². The van der Waals surface area contributed by atoms with Crippen molar-refractivity contribution in [1.82, 2.24) is 4.98 Å². The van der Waals surface area contributed by atoms with Gasteiger partial charge in [-0.3, -0.25) is 4.98 Å². The van der Waals surface area contributed by atoms with Crippen molar-refractivity contribution in [2.24, 2.45) is 0 Å². The molecule has 1 aliphatic heterocycles. The monoisotopic (exact) mass is 321 g/mol. The summed E-state index contributed by atoms with van der Waals surface area (Å²) >= 11 is 7.85. The molecule has 0 spiro atoms. The molecule has 0 atom stereocenters. The fourth-order valence-corrected chi connectivity index (χ4v) is 3.36. The zero-order valence-electron chi connectivity index (χ0n) is 12.5. The molecule has 3 nitrogen and oxygen atoms in total. The third-order valence-corrected chi connectivity index (χ3v) is 5.40. The van der Waals surface area contributed by atoms with Crippen molar-refractivity contribution in [1.29, 1.82) is 0 Å². The molecule has 110 valence electrons. The summed E-state index contributed by atoms with van der Waals surface area (Å²) in [6.07, 6.45) is 0. The number of hydrogen-bond acceptors (Lipinski definition) is 4. The highest BCUT2D eigenvalue weighted by Crippen LogP contribution is 2.38. The summed E-state index contributed by atoms with van der Waals surface area (Å²) in [6, 6.07) is 7.76. The highest BCUT2D eigenvalue weighted by Gasteiger charge is 2.53. The summed E-state index contributed by atoms with van der Waals surface area (Å²) < 4.78 is 12.2. The molecular weight excluding hydrogens is 305 g/mol. The SMILES string of the molecule is CC1(C)OB(c2ncsc2-c2ccccc2Cl)OC1(C)C. The van der Waals surface area contributed by atoms with Gasteiger partial charge >= 0.3 is 7.12 Å². The molecule has 1 aliphatic rings. The van der Waals surface area contributed by atoms with E-state index in [0.29, 0.717) is 5.02 Å². The van der Waals surface area contributed by atoms with Crippen LogP contribution in [0.2, 0.25) is 5.02 Å². The molecule has 21 heavy (non-hydrogen) atoms. The van der Waals surface area contributed by atoms with Gasteiger partial charge in [-0.1, -0.05) is 29.8 Å². The predicted molar refractivity (Wildman–Crippen MR) is 88.3 cm³/mol. The standard InChI is InChI=1S/C15H17BClNO2S/c1-14(2)15(3,4)20-16(19-14)13-12(21-9-18-13)10-7-5-6-8-11(10)17/h5-9H,1-4H3. The topological polar surface area (TPSA) is 31.4 Å². The molecule has 2 heterocycles. The van der Waals surface area contributed by atoms with Crippen molar-refractivity contribution in [2.75, 3.05) is 0 Å².